The van der Waals surface area contributed by atoms with E-state index in [1.807, 2.05) is 32.1 Å². The molecule has 0 aliphatic carbocycles. The number of nitriles is 1. The van der Waals surface area contributed by atoms with Crippen LogP contribution in [-0.4, -0.2) is 77.8 Å². The molecule has 2 aromatic rings. The second-order valence-electron chi connectivity index (χ2n) is 9.96. The molecule has 4 rings (SSSR count). The van der Waals surface area contributed by atoms with Crippen LogP contribution in [0.5, 0.6) is 0 Å². The van der Waals surface area contributed by atoms with Gasteiger partial charge in [0.05, 0.1) is 18.0 Å². The molecule has 2 aromatic heterocycles. The first-order valence-corrected chi connectivity index (χ1v) is 14.9. The lowest BCUT2D eigenvalue weighted by atomic mass is 9.80. The third-order valence-corrected chi connectivity index (χ3v) is 8.43. The Morgan fingerprint density at radius 3 is 2.81 bits per heavy atom. The summed E-state index contributed by atoms with van der Waals surface area (Å²) in [6, 6.07) is 2.13. The molecular formula is C25H34ClN7O2S. The van der Waals surface area contributed by atoms with Crippen LogP contribution in [0.3, 0.4) is 0 Å². The van der Waals surface area contributed by atoms with Crippen molar-refractivity contribution in [1.82, 2.24) is 24.6 Å². The van der Waals surface area contributed by atoms with E-state index in [0.29, 0.717) is 41.0 Å². The summed E-state index contributed by atoms with van der Waals surface area (Å²) in [7, 11) is -2.94. The van der Waals surface area contributed by atoms with Crippen LogP contribution in [0.1, 0.15) is 44.8 Å². The minimum absolute atomic E-state index is 0.0129. The third-order valence-electron chi connectivity index (χ3n) is 7.16. The first-order valence-electron chi connectivity index (χ1n) is 12.5. The van der Waals surface area contributed by atoms with Crippen LogP contribution in [0.4, 0.5) is 5.82 Å². The Morgan fingerprint density at radius 2 is 2.11 bits per heavy atom. The van der Waals surface area contributed by atoms with Gasteiger partial charge in [-0.3, -0.25) is 0 Å². The van der Waals surface area contributed by atoms with Crippen LogP contribution in [0, 0.1) is 23.2 Å². The summed E-state index contributed by atoms with van der Waals surface area (Å²) in [6.07, 6.45) is 11.7. The average molecular weight is 532 g/mol. The number of likely N-dealkylation sites (tertiary alicyclic amines) is 1. The van der Waals surface area contributed by atoms with Crippen molar-refractivity contribution < 1.29 is 8.42 Å². The SMILES string of the molecule is C/C=C(Cl)\C=C/CC(C)n1nc(C#N)c2ncc(N3CC(C4CCCN(CCS(C)(=O)=O)C4)C3)nc21. The number of sulfone groups is 1. The van der Waals surface area contributed by atoms with Crippen LogP contribution in [-0.2, 0) is 9.84 Å². The zero-order chi connectivity index (χ0) is 25.9. The highest BCUT2D eigenvalue weighted by Gasteiger charge is 2.36. The zero-order valence-electron chi connectivity index (χ0n) is 21.1. The standard InChI is InChI=1S/C25H34ClN7O2S/c1-4-21(26)9-5-7-18(2)33-25-24(22(13-27)30-33)28-14-23(29-25)32-16-20(17-32)19-8-6-10-31(15-19)11-12-36(3,34)35/h4-5,9,14,18-20H,6-8,10-12,15-17H2,1-3H3/b9-5-,21-4+. The van der Waals surface area contributed by atoms with Gasteiger partial charge in [-0.05, 0) is 57.6 Å². The fourth-order valence-electron chi connectivity index (χ4n) is 4.98. The van der Waals surface area contributed by atoms with Gasteiger partial charge in [0.15, 0.2) is 11.3 Å². The molecule has 194 valence electrons. The summed E-state index contributed by atoms with van der Waals surface area (Å²) in [5, 5.41) is 14.7. The summed E-state index contributed by atoms with van der Waals surface area (Å²) in [4.78, 5) is 13.9. The minimum Gasteiger partial charge on any atom is -0.355 e. The normalized spacial score (nSPS) is 21.1. The number of hydrogen-bond donors (Lipinski definition) is 0. The van der Waals surface area contributed by atoms with E-state index in [1.165, 1.54) is 12.7 Å². The Labute approximate surface area is 218 Å². The monoisotopic (exact) mass is 531 g/mol. The van der Waals surface area contributed by atoms with Crippen molar-refractivity contribution in [3.63, 3.8) is 0 Å². The molecule has 2 fully saturated rings. The fourth-order valence-corrected chi connectivity index (χ4v) is 5.66. The van der Waals surface area contributed by atoms with E-state index in [1.54, 1.807) is 10.9 Å². The van der Waals surface area contributed by atoms with Gasteiger partial charge >= 0.3 is 0 Å². The number of aromatic nitrogens is 4. The smallest absolute Gasteiger partial charge is 0.190 e. The molecule has 0 amide bonds. The second-order valence-corrected chi connectivity index (χ2v) is 12.7. The van der Waals surface area contributed by atoms with Crippen LogP contribution in [0.15, 0.2) is 29.5 Å². The number of fused-ring (bicyclic) bond motifs is 1. The second kappa shape index (κ2) is 11.3. The molecule has 2 aliphatic heterocycles. The van der Waals surface area contributed by atoms with Crippen LogP contribution >= 0.6 is 11.6 Å². The summed E-state index contributed by atoms with van der Waals surface area (Å²) in [5.74, 6) is 2.15. The number of piperidine rings is 1. The predicted molar refractivity (Wildman–Crippen MR) is 143 cm³/mol. The van der Waals surface area contributed by atoms with Crippen LogP contribution in [0.2, 0.25) is 0 Å². The lowest BCUT2D eigenvalue weighted by Crippen LogP contribution is -2.54. The van der Waals surface area contributed by atoms with E-state index in [0.717, 1.165) is 38.4 Å². The Kier molecular flexibility index (Phi) is 8.33. The molecule has 2 saturated heterocycles. The summed E-state index contributed by atoms with van der Waals surface area (Å²) < 4.78 is 24.9. The van der Waals surface area contributed by atoms with E-state index in [4.69, 9.17) is 16.6 Å². The highest BCUT2D eigenvalue weighted by molar-refractivity contribution is 7.90. The van der Waals surface area contributed by atoms with Crippen molar-refractivity contribution in [2.45, 2.75) is 39.2 Å². The molecule has 36 heavy (non-hydrogen) atoms. The third kappa shape index (κ3) is 6.25. The minimum atomic E-state index is -2.94. The molecule has 2 unspecified atom stereocenters. The van der Waals surface area contributed by atoms with E-state index in [-0.39, 0.29) is 17.5 Å². The molecule has 4 heterocycles. The number of rotatable bonds is 9. The van der Waals surface area contributed by atoms with Crippen molar-refractivity contribution >= 4 is 38.4 Å². The Morgan fingerprint density at radius 1 is 1.33 bits per heavy atom. The largest absolute Gasteiger partial charge is 0.355 e. The van der Waals surface area contributed by atoms with Gasteiger partial charge in [-0.25, -0.2) is 23.1 Å². The van der Waals surface area contributed by atoms with Gasteiger partial charge in [0, 0.05) is 37.5 Å². The molecule has 9 nitrogen and oxygen atoms in total. The quantitative estimate of drug-likeness (QED) is 0.452. The zero-order valence-corrected chi connectivity index (χ0v) is 22.7. The topological polar surface area (TPSA) is 108 Å². The molecule has 0 N–H and O–H groups in total. The van der Waals surface area contributed by atoms with E-state index in [2.05, 4.69) is 26.0 Å². The lowest BCUT2D eigenvalue weighted by molar-refractivity contribution is 0.125. The maximum atomic E-state index is 11.5. The molecule has 0 aromatic carbocycles. The van der Waals surface area contributed by atoms with Crippen LogP contribution < -0.4 is 4.90 Å². The number of nitrogens with zero attached hydrogens (tertiary/aromatic N) is 7. The molecule has 2 atom stereocenters. The lowest BCUT2D eigenvalue weighted by Gasteiger charge is -2.47. The summed E-state index contributed by atoms with van der Waals surface area (Å²) in [6.45, 7) is 8.29. The van der Waals surface area contributed by atoms with E-state index in [9.17, 15) is 13.7 Å². The van der Waals surface area contributed by atoms with Crippen molar-refractivity contribution in [1.29, 1.82) is 5.26 Å². The van der Waals surface area contributed by atoms with Crippen molar-refractivity contribution in [3.8, 4) is 6.07 Å². The van der Waals surface area contributed by atoms with Gasteiger partial charge in [0.1, 0.15) is 27.2 Å². The molecule has 11 heteroatoms. The van der Waals surface area contributed by atoms with E-state index < -0.39 is 9.84 Å². The van der Waals surface area contributed by atoms with Gasteiger partial charge in [-0.15, -0.1) is 0 Å². The molecule has 2 aliphatic rings. The number of halogens is 1. The van der Waals surface area contributed by atoms with Gasteiger partial charge in [0.25, 0.3) is 0 Å². The Hall–Kier alpha value is -2.48. The van der Waals surface area contributed by atoms with Crippen molar-refractivity contribution in [2.75, 3.05) is 49.6 Å². The molecular weight excluding hydrogens is 498 g/mol. The van der Waals surface area contributed by atoms with E-state index >= 15 is 0 Å². The highest BCUT2D eigenvalue weighted by Crippen LogP contribution is 2.34. The number of hydrogen-bond acceptors (Lipinski definition) is 8. The van der Waals surface area contributed by atoms with Gasteiger partial charge in [-0.1, -0.05) is 23.8 Å². The van der Waals surface area contributed by atoms with Gasteiger partial charge in [-0.2, -0.15) is 10.4 Å². The molecule has 0 saturated carbocycles. The summed E-state index contributed by atoms with van der Waals surface area (Å²) in [5.41, 5.74) is 1.42. The average Bonchev–Trinajstić information content (AvgIpc) is 3.20. The maximum Gasteiger partial charge on any atom is 0.190 e. The van der Waals surface area contributed by atoms with Crippen LogP contribution in [0.25, 0.3) is 11.2 Å². The van der Waals surface area contributed by atoms with Gasteiger partial charge < -0.3 is 9.80 Å². The summed E-state index contributed by atoms with van der Waals surface area (Å²) >= 11 is 6.06. The number of allylic oxidation sites excluding steroid dienone is 4. The highest BCUT2D eigenvalue weighted by atomic mass is 35.5. The fraction of sp³-hybridized carbons (Fsp3) is 0.600. The predicted octanol–water partition coefficient (Wildman–Crippen LogP) is 3.54. The van der Waals surface area contributed by atoms with Gasteiger partial charge in [0.2, 0.25) is 0 Å². The Balaban J connectivity index is 1.43. The molecule has 0 radical (unpaired) electrons. The van der Waals surface area contributed by atoms with Crippen molar-refractivity contribution in [2.24, 2.45) is 11.8 Å². The maximum absolute atomic E-state index is 11.5. The molecule has 0 bridgehead atoms. The first-order chi connectivity index (χ1) is 17.2. The number of anilines is 1. The Bertz CT molecular complexity index is 1290. The molecule has 0 spiro atoms. The van der Waals surface area contributed by atoms with Crippen molar-refractivity contribution in [3.05, 3.63) is 35.2 Å². The first kappa shape index (κ1) is 26.6.